The predicted octanol–water partition coefficient (Wildman–Crippen LogP) is 2.65. The van der Waals surface area contributed by atoms with E-state index in [0.29, 0.717) is 0 Å². The van der Waals surface area contributed by atoms with Crippen LogP contribution in [0, 0.1) is 12.3 Å². The zero-order valence-electron chi connectivity index (χ0n) is 15.8. The van der Waals surface area contributed by atoms with E-state index in [1.807, 2.05) is 0 Å². The number of hydrogen-bond donors (Lipinski definition) is 2. The Morgan fingerprint density at radius 1 is 1.30 bits per heavy atom. The quantitative estimate of drug-likeness (QED) is 0.526. The van der Waals surface area contributed by atoms with Gasteiger partial charge in [0.1, 0.15) is 17.5 Å². The summed E-state index contributed by atoms with van der Waals surface area (Å²) >= 11 is 0. The molecule has 0 aliphatic carbocycles. The maximum absolute atomic E-state index is 13.0. The monoisotopic (exact) mass is 421 g/mol. The number of terminal acetylenes is 1. The van der Waals surface area contributed by atoms with Crippen LogP contribution in [0.15, 0.2) is 36.4 Å². The summed E-state index contributed by atoms with van der Waals surface area (Å²) in [6.07, 6.45) is 0.414. The Labute approximate surface area is 170 Å². The van der Waals surface area contributed by atoms with Gasteiger partial charge in [0, 0.05) is 18.2 Å². The molecule has 3 N–H and O–H groups in total. The molecule has 0 spiro atoms. The molecule has 0 fully saturated rings. The van der Waals surface area contributed by atoms with Gasteiger partial charge in [-0.05, 0) is 29.8 Å². The molecule has 1 aromatic carbocycles. The van der Waals surface area contributed by atoms with Crippen molar-refractivity contribution in [1.29, 1.82) is 0 Å². The van der Waals surface area contributed by atoms with Crippen molar-refractivity contribution in [2.24, 2.45) is 5.73 Å². The average Bonchev–Trinajstić information content (AvgIpc) is 2.72. The Hall–Kier alpha value is -3.58. The van der Waals surface area contributed by atoms with Crippen molar-refractivity contribution in [3.8, 4) is 24.0 Å². The van der Waals surface area contributed by atoms with Crippen LogP contribution >= 0.6 is 0 Å². The molecule has 1 heterocycles. The van der Waals surface area contributed by atoms with Gasteiger partial charge < -0.3 is 20.5 Å². The van der Waals surface area contributed by atoms with E-state index in [-0.39, 0.29) is 35.7 Å². The molecule has 158 valence electrons. The first-order chi connectivity index (χ1) is 14.2. The molecule has 10 heteroatoms. The van der Waals surface area contributed by atoms with Crippen LogP contribution in [0.5, 0.6) is 11.6 Å². The molecule has 2 aromatic rings. The van der Waals surface area contributed by atoms with Crippen LogP contribution in [0.3, 0.4) is 0 Å². The third-order valence-electron chi connectivity index (χ3n) is 3.81. The van der Waals surface area contributed by atoms with Crippen LogP contribution in [0.2, 0.25) is 0 Å². The zero-order valence-corrected chi connectivity index (χ0v) is 15.8. The molecular formula is C20H18F3N3O4. The highest BCUT2D eigenvalue weighted by Crippen LogP contribution is 2.31. The van der Waals surface area contributed by atoms with Crippen LogP contribution in [-0.4, -0.2) is 30.0 Å². The van der Waals surface area contributed by atoms with E-state index in [9.17, 15) is 22.8 Å². The number of aromatic nitrogens is 1. The molecule has 2 rings (SSSR count). The average molecular weight is 421 g/mol. The van der Waals surface area contributed by atoms with Gasteiger partial charge in [-0.2, -0.15) is 13.2 Å². The number of methoxy groups -OCH3 is 1. The van der Waals surface area contributed by atoms with E-state index in [0.717, 1.165) is 6.07 Å². The number of carbonyl (C=O) groups excluding carboxylic acids is 2. The SMILES string of the molecule is C#CC(CC(=O)OC)NC(=O)c1cccc(Oc2cc(CN)cc(C(F)(F)F)n2)c1. The summed E-state index contributed by atoms with van der Waals surface area (Å²) in [4.78, 5) is 27.1. The lowest BCUT2D eigenvalue weighted by atomic mass is 10.1. The van der Waals surface area contributed by atoms with E-state index >= 15 is 0 Å². The first kappa shape index (κ1) is 22.7. The molecule has 0 aliphatic rings. The van der Waals surface area contributed by atoms with Crippen molar-refractivity contribution in [1.82, 2.24) is 10.3 Å². The highest BCUT2D eigenvalue weighted by atomic mass is 19.4. The zero-order chi connectivity index (χ0) is 22.3. The Balaban J connectivity index is 2.21. The molecule has 0 bridgehead atoms. The maximum Gasteiger partial charge on any atom is 0.433 e. The molecule has 0 saturated heterocycles. The van der Waals surface area contributed by atoms with Gasteiger partial charge in [-0.1, -0.05) is 12.0 Å². The van der Waals surface area contributed by atoms with Crippen LogP contribution in [0.4, 0.5) is 13.2 Å². The topological polar surface area (TPSA) is 104 Å². The Morgan fingerprint density at radius 3 is 2.63 bits per heavy atom. The highest BCUT2D eigenvalue weighted by molar-refractivity contribution is 5.95. The van der Waals surface area contributed by atoms with Crippen molar-refractivity contribution in [2.75, 3.05) is 7.11 Å². The fraction of sp³-hybridized carbons (Fsp3) is 0.250. The van der Waals surface area contributed by atoms with Crippen LogP contribution in [0.1, 0.15) is 28.0 Å². The number of rotatable bonds is 7. The van der Waals surface area contributed by atoms with Gasteiger partial charge in [0.2, 0.25) is 5.88 Å². The summed E-state index contributed by atoms with van der Waals surface area (Å²) in [6, 6.07) is 6.85. The second-order valence-electron chi connectivity index (χ2n) is 6.00. The Bertz CT molecular complexity index is 970. The number of halogens is 3. The first-order valence-electron chi connectivity index (χ1n) is 8.56. The lowest BCUT2D eigenvalue weighted by Crippen LogP contribution is -2.35. The summed E-state index contributed by atoms with van der Waals surface area (Å²) in [5.74, 6) is 0.811. The van der Waals surface area contributed by atoms with Gasteiger partial charge in [0.05, 0.1) is 13.5 Å². The van der Waals surface area contributed by atoms with Crippen molar-refractivity contribution < 1.29 is 32.2 Å². The summed E-state index contributed by atoms with van der Waals surface area (Å²) in [5, 5.41) is 2.47. The highest BCUT2D eigenvalue weighted by Gasteiger charge is 2.33. The molecule has 1 unspecified atom stereocenters. The van der Waals surface area contributed by atoms with E-state index in [2.05, 4.69) is 21.0 Å². The van der Waals surface area contributed by atoms with Crippen LogP contribution < -0.4 is 15.8 Å². The number of alkyl halides is 3. The normalized spacial score (nSPS) is 11.9. The number of nitrogens with one attached hydrogen (secondary N) is 1. The summed E-state index contributed by atoms with van der Waals surface area (Å²) < 4.78 is 48.9. The third kappa shape index (κ3) is 6.22. The van der Waals surface area contributed by atoms with Crippen molar-refractivity contribution in [3.63, 3.8) is 0 Å². The van der Waals surface area contributed by atoms with E-state index in [1.165, 1.54) is 37.4 Å². The standard InChI is InChI=1S/C20H18F3N3O4/c1-3-14(10-18(27)29-2)25-19(28)13-5-4-6-15(9-13)30-17-8-12(11-24)7-16(26-17)20(21,22)23/h1,4-9,14H,10-11,24H2,2H3,(H,25,28). The summed E-state index contributed by atoms with van der Waals surface area (Å²) in [7, 11) is 1.19. The first-order valence-corrected chi connectivity index (χ1v) is 8.56. The Kier molecular flexibility index (Phi) is 7.38. The molecule has 1 atom stereocenters. The second-order valence-corrected chi connectivity index (χ2v) is 6.00. The summed E-state index contributed by atoms with van der Waals surface area (Å²) in [5.41, 5.74) is 4.59. The molecule has 1 amide bonds. The van der Waals surface area contributed by atoms with Gasteiger partial charge in [0.25, 0.3) is 5.91 Å². The van der Waals surface area contributed by atoms with Crippen molar-refractivity contribution in [3.05, 3.63) is 53.2 Å². The van der Waals surface area contributed by atoms with Gasteiger partial charge in [-0.3, -0.25) is 9.59 Å². The number of pyridine rings is 1. The molecule has 0 aliphatic heterocycles. The molecule has 0 saturated carbocycles. The van der Waals surface area contributed by atoms with Crippen molar-refractivity contribution in [2.45, 2.75) is 25.2 Å². The minimum absolute atomic E-state index is 0.0719. The smallest absolute Gasteiger partial charge is 0.433 e. The fourth-order valence-corrected chi connectivity index (χ4v) is 2.34. The van der Waals surface area contributed by atoms with E-state index in [4.69, 9.17) is 16.9 Å². The molecule has 0 radical (unpaired) electrons. The summed E-state index contributed by atoms with van der Waals surface area (Å²) in [6.45, 7) is -0.141. The minimum Gasteiger partial charge on any atom is -0.469 e. The van der Waals surface area contributed by atoms with E-state index in [1.54, 1.807) is 0 Å². The lowest BCUT2D eigenvalue weighted by Gasteiger charge is -2.13. The maximum atomic E-state index is 13.0. The minimum atomic E-state index is -4.67. The predicted molar refractivity (Wildman–Crippen MR) is 100 cm³/mol. The number of carbonyl (C=O) groups is 2. The number of ether oxygens (including phenoxy) is 2. The number of benzene rings is 1. The number of hydrogen-bond acceptors (Lipinski definition) is 6. The number of esters is 1. The van der Waals surface area contributed by atoms with Gasteiger partial charge >= 0.3 is 12.1 Å². The van der Waals surface area contributed by atoms with Gasteiger partial charge in [-0.25, -0.2) is 4.98 Å². The molecular weight excluding hydrogens is 403 g/mol. The third-order valence-corrected chi connectivity index (χ3v) is 3.81. The van der Waals surface area contributed by atoms with Crippen molar-refractivity contribution >= 4 is 11.9 Å². The number of nitrogens with two attached hydrogens (primary N) is 1. The van der Waals surface area contributed by atoms with Crippen LogP contribution in [0.25, 0.3) is 0 Å². The van der Waals surface area contributed by atoms with Gasteiger partial charge in [-0.15, -0.1) is 6.42 Å². The largest absolute Gasteiger partial charge is 0.469 e. The Morgan fingerprint density at radius 2 is 2.03 bits per heavy atom. The number of amides is 1. The van der Waals surface area contributed by atoms with E-state index < -0.39 is 29.8 Å². The van der Waals surface area contributed by atoms with Gasteiger partial charge in [0.15, 0.2) is 0 Å². The molecule has 30 heavy (non-hydrogen) atoms. The molecule has 1 aromatic heterocycles. The lowest BCUT2D eigenvalue weighted by molar-refractivity contribution is -0.142. The van der Waals surface area contributed by atoms with Crippen LogP contribution in [-0.2, 0) is 22.3 Å². The number of nitrogens with zero attached hydrogens (tertiary/aromatic N) is 1. The molecule has 7 nitrogen and oxygen atoms in total. The fourth-order valence-electron chi connectivity index (χ4n) is 2.34. The second kappa shape index (κ2) is 9.76.